The number of hydrogen-bond donors (Lipinski definition) is 2. The molecule has 5 heteroatoms. The van der Waals surface area contributed by atoms with Crippen molar-refractivity contribution in [2.45, 2.75) is 83.6 Å². The van der Waals surface area contributed by atoms with Crippen LogP contribution in [0.15, 0.2) is 6.20 Å². The van der Waals surface area contributed by atoms with Gasteiger partial charge in [0.05, 0.1) is 11.9 Å². The van der Waals surface area contributed by atoms with E-state index in [4.69, 9.17) is 0 Å². The monoisotopic (exact) mass is 306 g/mol. The molecule has 1 aromatic heterocycles. The fraction of sp³-hybridized carbons (Fsp3) is 0.824. The molecule has 1 amide bonds. The number of H-pyrrole nitrogens is 1. The van der Waals surface area contributed by atoms with E-state index < -0.39 is 0 Å². The molecule has 22 heavy (non-hydrogen) atoms. The first-order valence-electron chi connectivity index (χ1n) is 8.88. The molecule has 0 aliphatic heterocycles. The second-order valence-electron chi connectivity index (χ2n) is 6.77. The first-order valence-corrected chi connectivity index (χ1v) is 8.88. The van der Waals surface area contributed by atoms with Crippen LogP contribution in [0.25, 0.3) is 0 Å². The number of carbonyl (C=O) groups excluding carboxylic acids is 1. The number of aromatic nitrogens is 3. The highest BCUT2D eigenvalue weighted by molar-refractivity contribution is 5.76. The molecule has 1 aliphatic carbocycles. The van der Waals surface area contributed by atoms with E-state index in [-0.39, 0.29) is 5.91 Å². The Kier molecular flexibility index (Phi) is 7.40. The van der Waals surface area contributed by atoms with Gasteiger partial charge in [-0.1, -0.05) is 51.9 Å². The van der Waals surface area contributed by atoms with Gasteiger partial charge in [-0.25, -0.2) is 0 Å². The standard InChI is InChI=1S/C17H30N4O/c1-14-8-6-4-2-3-5-7-9-15(12-14)19-17(22)11-10-16-13-18-21-20-16/h13-15H,2-12H2,1H3,(H,19,22)(H,18,20,21). The average Bonchev–Trinajstić information content (AvgIpc) is 2.99. The van der Waals surface area contributed by atoms with E-state index in [0.29, 0.717) is 24.8 Å². The number of rotatable bonds is 4. The Labute approximate surface area is 133 Å². The third kappa shape index (κ3) is 6.58. The SMILES string of the molecule is CC1CCCCCCCCC(NC(=O)CCc2cn[nH]n2)C1. The first-order chi connectivity index (χ1) is 10.7. The lowest BCUT2D eigenvalue weighted by Gasteiger charge is -2.22. The van der Waals surface area contributed by atoms with Crippen molar-refractivity contribution < 1.29 is 4.79 Å². The molecule has 2 atom stereocenters. The van der Waals surface area contributed by atoms with Crippen molar-refractivity contribution in [1.82, 2.24) is 20.7 Å². The average molecular weight is 306 g/mol. The fourth-order valence-electron chi connectivity index (χ4n) is 3.33. The van der Waals surface area contributed by atoms with Crippen LogP contribution in [0.5, 0.6) is 0 Å². The van der Waals surface area contributed by atoms with Crippen LogP contribution in [0.1, 0.15) is 76.8 Å². The van der Waals surface area contributed by atoms with E-state index in [1.165, 1.54) is 44.9 Å². The lowest BCUT2D eigenvalue weighted by atomic mass is 9.94. The summed E-state index contributed by atoms with van der Waals surface area (Å²) in [5.74, 6) is 0.856. The molecular formula is C17H30N4O. The van der Waals surface area contributed by atoms with Crippen molar-refractivity contribution in [3.05, 3.63) is 11.9 Å². The Hall–Kier alpha value is -1.39. The molecule has 2 unspecified atom stereocenters. The van der Waals surface area contributed by atoms with Gasteiger partial charge in [0.2, 0.25) is 5.91 Å². The summed E-state index contributed by atoms with van der Waals surface area (Å²) < 4.78 is 0. The van der Waals surface area contributed by atoms with E-state index >= 15 is 0 Å². The van der Waals surface area contributed by atoms with Gasteiger partial charge in [0.1, 0.15) is 0 Å². The largest absolute Gasteiger partial charge is 0.353 e. The van der Waals surface area contributed by atoms with Crippen molar-refractivity contribution in [3.63, 3.8) is 0 Å². The zero-order valence-electron chi connectivity index (χ0n) is 13.8. The molecule has 0 spiro atoms. The maximum atomic E-state index is 12.2. The van der Waals surface area contributed by atoms with Crippen LogP contribution in [0.3, 0.4) is 0 Å². The van der Waals surface area contributed by atoms with E-state index in [1.54, 1.807) is 6.20 Å². The van der Waals surface area contributed by atoms with E-state index in [0.717, 1.165) is 18.5 Å². The Morgan fingerprint density at radius 2 is 1.95 bits per heavy atom. The molecule has 1 aromatic rings. The zero-order chi connectivity index (χ0) is 15.6. The summed E-state index contributed by atoms with van der Waals surface area (Å²) in [6.45, 7) is 2.33. The molecule has 124 valence electrons. The molecule has 1 aliphatic rings. The van der Waals surface area contributed by atoms with Crippen molar-refractivity contribution in [2.75, 3.05) is 0 Å². The minimum absolute atomic E-state index is 0.148. The highest BCUT2D eigenvalue weighted by Crippen LogP contribution is 2.21. The quantitative estimate of drug-likeness (QED) is 0.896. The summed E-state index contributed by atoms with van der Waals surface area (Å²) in [6.07, 6.45) is 14.4. The minimum Gasteiger partial charge on any atom is -0.353 e. The third-order valence-electron chi connectivity index (χ3n) is 4.62. The van der Waals surface area contributed by atoms with Gasteiger partial charge in [-0.15, -0.1) is 0 Å². The van der Waals surface area contributed by atoms with Crippen molar-refractivity contribution in [2.24, 2.45) is 5.92 Å². The van der Waals surface area contributed by atoms with Crippen LogP contribution >= 0.6 is 0 Å². The highest BCUT2D eigenvalue weighted by Gasteiger charge is 2.16. The Bertz CT molecular complexity index is 418. The summed E-state index contributed by atoms with van der Waals surface area (Å²) in [6, 6.07) is 0.345. The Balaban J connectivity index is 1.77. The molecule has 0 saturated heterocycles. The van der Waals surface area contributed by atoms with Gasteiger partial charge in [-0.2, -0.15) is 15.4 Å². The predicted molar refractivity (Wildman–Crippen MR) is 87.4 cm³/mol. The van der Waals surface area contributed by atoms with Gasteiger partial charge in [0, 0.05) is 18.9 Å². The fourth-order valence-corrected chi connectivity index (χ4v) is 3.33. The number of nitrogens with zero attached hydrogens (tertiary/aromatic N) is 2. The van der Waals surface area contributed by atoms with Crippen LogP contribution in [0, 0.1) is 5.92 Å². The summed E-state index contributed by atoms with van der Waals surface area (Å²) in [5.41, 5.74) is 0.853. The van der Waals surface area contributed by atoms with Crippen LogP contribution in [-0.4, -0.2) is 27.4 Å². The molecule has 5 nitrogen and oxygen atoms in total. The number of nitrogens with one attached hydrogen (secondary N) is 2. The van der Waals surface area contributed by atoms with Crippen LogP contribution in [0.4, 0.5) is 0 Å². The third-order valence-corrected chi connectivity index (χ3v) is 4.62. The van der Waals surface area contributed by atoms with Gasteiger partial charge in [-0.3, -0.25) is 4.79 Å². The number of amides is 1. The summed E-state index contributed by atoms with van der Waals surface area (Å²) in [7, 11) is 0. The van der Waals surface area contributed by atoms with E-state index in [9.17, 15) is 4.79 Å². The van der Waals surface area contributed by atoms with Crippen LogP contribution in [-0.2, 0) is 11.2 Å². The molecular weight excluding hydrogens is 276 g/mol. The lowest BCUT2D eigenvalue weighted by Crippen LogP contribution is -2.36. The number of aromatic amines is 1. The minimum atomic E-state index is 0.148. The molecule has 2 N–H and O–H groups in total. The first kappa shape index (κ1) is 17.0. The zero-order valence-corrected chi connectivity index (χ0v) is 13.8. The second-order valence-corrected chi connectivity index (χ2v) is 6.77. The molecule has 1 saturated carbocycles. The highest BCUT2D eigenvalue weighted by atomic mass is 16.1. The molecule has 0 bridgehead atoms. The molecule has 2 rings (SSSR count). The topological polar surface area (TPSA) is 70.7 Å². The maximum Gasteiger partial charge on any atom is 0.220 e. The van der Waals surface area contributed by atoms with Gasteiger partial charge in [0.15, 0.2) is 0 Å². The molecule has 1 heterocycles. The summed E-state index contributed by atoms with van der Waals surface area (Å²) >= 11 is 0. The lowest BCUT2D eigenvalue weighted by molar-refractivity contribution is -0.121. The van der Waals surface area contributed by atoms with Crippen LogP contribution < -0.4 is 5.32 Å². The second kappa shape index (κ2) is 9.59. The maximum absolute atomic E-state index is 12.2. The van der Waals surface area contributed by atoms with Gasteiger partial charge in [-0.05, 0) is 18.8 Å². The molecule has 1 fully saturated rings. The van der Waals surface area contributed by atoms with E-state index in [2.05, 4.69) is 27.7 Å². The number of carbonyl (C=O) groups is 1. The Morgan fingerprint density at radius 3 is 2.68 bits per heavy atom. The van der Waals surface area contributed by atoms with Crippen molar-refractivity contribution in [3.8, 4) is 0 Å². The Morgan fingerprint density at radius 1 is 1.23 bits per heavy atom. The number of hydrogen-bond acceptors (Lipinski definition) is 3. The van der Waals surface area contributed by atoms with E-state index in [1.807, 2.05) is 0 Å². The van der Waals surface area contributed by atoms with Gasteiger partial charge >= 0.3 is 0 Å². The van der Waals surface area contributed by atoms with Crippen LogP contribution in [0.2, 0.25) is 0 Å². The predicted octanol–water partition coefficient (Wildman–Crippen LogP) is 3.38. The van der Waals surface area contributed by atoms with Gasteiger partial charge in [0.25, 0.3) is 0 Å². The summed E-state index contributed by atoms with van der Waals surface area (Å²) in [5, 5.41) is 13.6. The smallest absolute Gasteiger partial charge is 0.220 e. The molecule has 0 aromatic carbocycles. The normalized spacial score (nSPS) is 24.4. The molecule has 0 radical (unpaired) electrons. The number of aryl methyl sites for hydroxylation is 1. The summed E-state index contributed by atoms with van der Waals surface area (Å²) in [4.78, 5) is 12.2. The van der Waals surface area contributed by atoms with Crippen molar-refractivity contribution in [1.29, 1.82) is 0 Å². The van der Waals surface area contributed by atoms with Crippen molar-refractivity contribution >= 4 is 5.91 Å². The van der Waals surface area contributed by atoms with Gasteiger partial charge < -0.3 is 5.32 Å².